The zero-order valence-corrected chi connectivity index (χ0v) is 11.5. The summed E-state index contributed by atoms with van der Waals surface area (Å²) >= 11 is 5.75. The Balaban J connectivity index is 2.36. The molecular formula is C13H11ClN2O4. The molecule has 0 spiro atoms. The molecule has 0 saturated heterocycles. The third kappa shape index (κ3) is 2.65. The van der Waals surface area contributed by atoms with Crippen molar-refractivity contribution in [3.8, 4) is 0 Å². The predicted molar refractivity (Wildman–Crippen MR) is 72.3 cm³/mol. The van der Waals surface area contributed by atoms with E-state index in [2.05, 4.69) is 10.5 Å². The molecule has 0 fully saturated rings. The van der Waals surface area contributed by atoms with E-state index >= 15 is 0 Å². The number of hydrogen-bond acceptors (Lipinski definition) is 4. The van der Waals surface area contributed by atoms with Gasteiger partial charge in [-0.1, -0.05) is 16.8 Å². The monoisotopic (exact) mass is 294 g/mol. The van der Waals surface area contributed by atoms with Crippen LogP contribution in [-0.2, 0) is 0 Å². The number of aryl methyl sites for hydroxylation is 2. The molecule has 0 aliphatic heterocycles. The summed E-state index contributed by atoms with van der Waals surface area (Å²) in [5.74, 6) is -1.29. The van der Waals surface area contributed by atoms with E-state index in [-0.39, 0.29) is 21.8 Å². The largest absolute Gasteiger partial charge is 0.478 e. The molecule has 1 amide bonds. The summed E-state index contributed by atoms with van der Waals surface area (Å²) in [5.41, 5.74) is 0.798. The number of carbonyl (C=O) groups is 2. The molecule has 2 rings (SSSR count). The van der Waals surface area contributed by atoms with Gasteiger partial charge in [0, 0.05) is 5.02 Å². The van der Waals surface area contributed by atoms with Gasteiger partial charge in [0.2, 0.25) is 0 Å². The molecule has 0 aliphatic rings. The number of hydrogen-bond donors (Lipinski definition) is 2. The predicted octanol–water partition coefficient (Wildman–Crippen LogP) is 2.90. The Bertz CT molecular complexity index is 674. The molecule has 1 aromatic carbocycles. The second-order valence-electron chi connectivity index (χ2n) is 4.15. The van der Waals surface area contributed by atoms with Gasteiger partial charge < -0.3 is 14.9 Å². The van der Waals surface area contributed by atoms with Gasteiger partial charge in [0.05, 0.1) is 16.9 Å². The molecule has 2 aromatic rings. The number of carboxylic acid groups (broad SMARTS) is 1. The highest BCUT2D eigenvalue weighted by Crippen LogP contribution is 2.22. The number of benzene rings is 1. The Morgan fingerprint density at radius 3 is 2.60 bits per heavy atom. The second-order valence-corrected chi connectivity index (χ2v) is 4.58. The SMILES string of the molecule is Cc1noc(C)c1C(=O)Nc1ccc(Cl)cc1C(=O)O. The number of rotatable bonds is 3. The van der Waals surface area contributed by atoms with Crippen LogP contribution in [0.25, 0.3) is 0 Å². The minimum Gasteiger partial charge on any atom is -0.478 e. The van der Waals surface area contributed by atoms with Crippen molar-refractivity contribution in [2.75, 3.05) is 5.32 Å². The van der Waals surface area contributed by atoms with Crippen molar-refractivity contribution in [1.29, 1.82) is 0 Å². The third-order valence-electron chi connectivity index (χ3n) is 2.72. The first-order valence-electron chi connectivity index (χ1n) is 5.67. The summed E-state index contributed by atoms with van der Waals surface area (Å²) in [5, 5.41) is 15.6. The Labute approximate surface area is 119 Å². The maximum Gasteiger partial charge on any atom is 0.337 e. The molecule has 104 valence electrons. The fourth-order valence-corrected chi connectivity index (χ4v) is 1.97. The van der Waals surface area contributed by atoms with Crippen LogP contribution >= 0.6 is 11.6 Å². The average Bonchev–Trinajstić information content (AvgIpc) is 2.71. The molecule has 0 saturated carbocycles. The van der Waals surface area contributed by atoms with Crippen molar-refractivity contribution in [1.82, 2.24) is 5.16 Å². The maximum atomic E-state index is 12.1. The number of carboxylic acids is 1. The smallest absolute Gasteiger partial charge is 0.337 e. The first-order valence-corrected chi connectivity index (χ1v) is 6.05. The first kappa shape index (κ1) is 14.1. The highest BCUT2D eigenvalue weighted by molar-refractivity contribution is 6.31. The van der Waals surface area contributed by atoms with Gasteiger partial charge in [-0.25, -0.2) is 4.79 Å². The first-order chi connectivity index (χ1) is 9.40. The number of anilines is 1. The molecule has 2 N–H and O–H groups in total. The Morgan fingerprint density at radius 1 is 1.35 bits per heavy atom. The van der Waals surface area contributed by atoms with Gasteiger partial charge in [-0.3, -0.25) is 4.79 Å². The van der Waals surface area contributed by atoms with Crippen LogP contribution in [0.4, 0.5) is 5.69 Å². The van der Waals surface area contributed by atoms with Crippen LogP contribution in [0.5, 0.6) is 0 Å². The summed E-state index contributed by atoms with van der Waals surface area (Å²) < 4.78 is 4.90. The van der Waals surface area contributed by atoms with Gasteiger partial charge in [0.1, 0.15) is 11.3 Å². The number of nitrogens with one attached hydrogen (secondary N) is 1. The van der Waals surface area contributed by atoms with Gasteiger partial charge in [-0.2, -0.15) is 0 Å². The number of halogens is 1. The van der Waals surface area contributed by atoms with E-state index in [4.69, 9.17) is 21.2 Å². The summed E-state index contributed by atoms with van der Waals surface area (Å²) in [4.78, 5) is 23.3. The van der Waals surface area contributed by atoms with Crippen molar-refractivity contribution in [3.63, 3.8) is 0 Å². The van der Waals surface area contributed by atoms with Crippen LogP contribution in [-0.4, -0.2) is 22.1 Å². The number of aromatic carboxylic acids is 1. The van der Waals surface area contributed by atoms with Gasteiger partial charge in [-0.05, 0) is 32.0 Å². The molecule has 1 aromatic heterocycles. The number of nitrogens with zero attached hydrogens (tertiary/aromatic N) is 1. The summed E-state index contributed by atoms with van der Waals surface area (Å²) in [6, 6.07) is 4.20. The third-order valence-corrected chi connectivity index (χ3v) is 2.96. The number of amides is 1. The zero-order chi connectivity index (χ0) is 14.9. The van der Waals surface area contributed by atoms with E-state index < -0.39 is 11.9 Å². The molecule has 0 unspecified atom stereocenters. The van der Waals surface area contributed by atoms with Crippen LogP contribution in [0.2, 0.25) is 5.02 Å². The van der Waals surface area contributed by atoms with Gasteiger partial charge in [0.15, 0.2) is 0 Å². The van der Waals surface area contributed by atoms with Gasteiger partial charge >= 0.3 is 5.97 Å². The van der Waals surface area contributed by atoms with E-state index in [1.165, 1.54) is 18.2 Å². The Morgan fingerprint density at radius 2 is 2.05 bits per heavy atom. The van der Waals surface area contributed by atoms with E-state index in [0.717, 1.165) is 0 Å². The lowest BCUT2D eigenvalue weighted by molar-refractivity contribution is 0.0698. The fraction of sp³-hybridized carbons (Fsp3) is 0.154. The second kappa shape index (κ2) is 5.34. The van der Waals surface area contributed by atoms with E-state index in [1.807, 2.05) is 0 Å². The number of carbonyl (C=O) groups excluding carboxylic acids is 1. The molecule has 7 heteroatoms. The number of aromatic nitrogens is 1. The molecule has 20 heavy (non-hydrogen) atoms. The van der Waals surface area contributed by atoms with Crippen LogP contribution in [0.15, 0.2) is 22.7 Å². The van der Waals surface area contributed by atoms with E-state index in [0.29, 0.717) is 11.5 Å². The molecule has 0 radical (unpaired) electrons. The van der Waals surface area contributed by atoms with Crippen LogP contribution in [0.1, 0.15) is 32.2 Å². The van der Waals surface area contributed by atoms with Gasteiger partial charge in [0.25, 0.3) is 5.91 Å². The zero-order valence-electron chi connectivity index (χ0n) is 10.7. The topological polar surface area (TPSA) is 92.4 Å². The minimum atomic E-state index is -1.18. The van der Waals surface area contributed by atoms with Gasteiger partial charge in [-0.15, -0.1) is 0 Å². The Kier molecular flexibility index (Phi) is 3.76. The summed E-state index contributed by atoms with van der Waals surface area (Å²) in [7, 11) is 0. The molecule has 6 nitrogen and oxygen atoms in total. The highest BCUT2D eigenvalue weighted by atomic mass is 35.5. The lowest BCUT2D eigenvalue weighted by Crippen LogP contribution is -2.16. The lowest BCUT2D eigenvalue weighted by atomic mass is 10.1. The molecular weight excluding hydrogens is 284 g/mol. The quantitative estimate of drug-likeness (QED) is 0.908. The standard InChI is InChI=1S/C13H11ClN2O4/c1-6-11(7(2)20-16-6)12(17)15-10-4-3-8(14)5-9(10)13(18)19/h3-5H,1-2H3,(H,15,17)(H,18,19). The van der Waals surface area contributed by atoms with Crippen molar-refractivity contribution >= 4 is 29.2 Å². The minimum absolute atomic E-state index is 0.0855. The van der Waals surface area contributed by atoms with Crippen molar-refractivity contribution in [2.45, 2.75) is 13.8 Å². The van der Waals surface area contributed by atoms with Crippen molar-refractivity contribution < 1.29 is 19.2 Å². The van der Waals surface area contributed by atoms with Crippen LogP contribution in [0.3, 0.4) is 0 Å². The van der Waals surface area contributed by atoms with E-state index in [9.17, 15) is 9.59 Å². The van der Waals surface area contributed by atoms with Crippen molar-refractivity contribution in [2.24, 2.45) is 0 Å². The normalized spacial score (nSPS) is 10.3. The summed E-state index contributed by atoms with van der Waals surface area (Å²) in [6.07, 6.45) is 0. The van der Waals surface area contributed by atoms with Crippen molar-refractivity contribution in [3.05, 3.63) is 45.8 Å². The lowest BCUT2D eigenvalue weighted by Gasteiger charge is -2.08. The van der Waals surface area contributed by atoms with Crippen LogP contribution in [0, 0.1) is 13.8 Å². The molecule has 1 heterocycles. The summed E-state index contributed by atoms with van der Waals surface area (Å²) in [6.45, 7) is 3.24. The molecule has 0 bridgehead atoms. The average molecular weight is 295 g/mol. The fourth-order valence-electron chi connectivity index (χ4n) is 1.79. The van der Waals surface area contributed by atoms with E-state index in [1.54, 1.807) is 13.8 Å². The Hall–Kier alpha value is -2.34. The highest BCUT2D eigenvalue weighted by Gasteiger charge is 2.20. The molecule has 0 atom stereocenters. The van der Waals surface area contributed by atoms with Crippen LogP contribution < -0.4 is 5.32 Å². The molecule has 0 aliphatic carbocycles. The maximum absolute atomic E-state index is 12.1.